The molecule has 1 aromatic heterocycles. The molecular weight excluding hydrogens is 426 g/mol. The number of nitrogens with one attached hydrogen (secondary N) is 3. The zero-order valence-electron chi connectivity index (χ0n) is 16.9. The van der Waals surface area contributed by atoms with Crippen molar-refractivity contribution in [2.45, 2.75) is 37.8 Å². The largest absolute Gasteiger partial charge is 0.465 e. The summed E-state index contributed by atoms with van der Waals surface area (Å²) in [5.74, 6) is -2.01. The minimum Gasteiger partial charge on any atom is -0.465 e. The second-order valence-corrected chi connectivity index (χ2v) is 7.31. The Morgan fingerprint density at radius 2 is 1.62 bits per heavy atom. The normalized spacial score (nSPS) is 17.8. The molecule has 1 aromatic carbocycles. The minimum atomic E-state index is -1.28. The van der Waals surface area contributed by atoms with Gasteiger partial charge in [-0.1, -0.05) is 0 Å². The van der Waals surface area contributed by atoms with Gasteiger partial charge in [0.2, 0.25) is 11.8 Å². The molecule has 11 heteroatoms. The van der Waals surface area contributed by atoms with Gasteiger partial charge in [-0.2, -0.15) is 0 Å². The molecule has 1 aliphatic rings. The van der Waals surface area contributed by atoms with Gasteiger partial charge in [0, 0.05) is 12.1 Å². The van der Waals surface area contributed by atoms with Crippen LogP contribution in [0, 0.1) is 11.6 Å². The van der Waals surface area contributed by atoms with Crippen LogP contribution in [0.5, 0.6) is 11.6 Å². The van der Waals surface area contributed by atoms with Gasteiger partial charge in [-0.3, -0.25) is 9.59 Å². The highest BCUT2D eigenvalue weighted by atomic mass is 19.1. The Morgan fingerprint density at radius 3 is 2.25 bits per heavy atom. The second kappa shape index (κ2) is 10.5. The van der Waals surface area contributed by atoms with E-state index in [1.807, 2.05) is 5.32 Å². The summed E-state index contributed by atoms with van der Waals surface area (Å²) in [4.78, 5) is 38.7. The summed E-state index contributed by atoms with van der Waals surface area (Å²) in [5.41, 5.74) is -0.0931. The van der Waals surface area contributed by atoms with E-state index in [-0.39, 0.29) is 35.8 Å². The first-order chi connectivity index (χ1) is 15.3. The van der Waals surface area contributed by atoms with Gasteiger partial charge in [0.1, 0.15) is 22.9 Å². The average Bonchev–Trinajstić information content (AvgIpc) is 2.76. The van der Waals surface area contributed by atoms with Gasteiger partial charge >= 0.3 is 6.09 Å². The number of carbonyl (C=O) groups excluding carboxylic acids is 2. The molecular formula is C21H22F2N4O5. The first kappa shape index (κ1) is 22.9. The number of carboxylic acid groups (broad SMARTS) is 1. The third kappa shape index (κ3) is 6.62. The fourth-order valence-corrected chi connectivity index (χ4v) is 3.36. The molecule has 3 amide bonds. The lowest BCUT2D eigenvalue weighted by molar-refractivity contribution is -0.121. The lowest BCUT2D eigenvalue weighted by Crippen LogP contribution is -2.46. The van der Waals surface area contributed by atoms with Gasteiger partial charge in [0.25, 0.3) is 5.91 Å². The van der Waals surface area contributed by atoms with Crippen molar-refractivity contribution in [2.24, 2.45) is 0 Å². The van der Waals surface area contributed by atoms with Crippen molar-refractivity contribution in [3.63, 3.8) is 0 Å². The molecule has 9 nitrogen and oxygen atoms in total. The van der Waals surface area contributed by atoms with Gasteiger partial charge in [-0.05, 0) is 56.0 Å². The van der Waals surface area contributed by atoms with E-state index in [0.29, 0.717) is 25.7 Å². The summed E-state index contributed by atoms with van der Waals surface area (Å²) in [7, 11) is 0. The van der Waals surface area contributed by atoms with Gasteiger partial charge in [-0.15, -0.1) is 0 Å². The number of rotatable bonds is 7. The maximum Gasteiger partial charge on any atom is 0.405 e. The number of halogens is 2. The van der Waals surface area contributed by atoms with Crippen LogP contribution >= 0.6 is 0 Å². The van der Waals surface area contributed by atoms with Crippen LogP contribution in [0.1, 0.15) is 36.0 Å². The number of hydrogen-bond donors (Lipinski definition) is 4. The Morgan fingerprint density at radius 1 is 1.00 bits per heavy atom. The van der Waals surface area contributed by atoms with Crippen molar-refractivity contribution >= 4 is 17.9 Å². The zero-order chi connectivity index (χ0) is 23.1. The van der Waals surface area contributed by atoms with Gasteiger partial charge in [-0.25, -0.2) is 18.6 Å². The van der Waals surface area contributed by atoms with Gasteiger partial charge in [0.15, 0.2) is 0 Å². The maximum atomic E-state index is 13.7. The Kier molecular flexibility index (Phi) is 7.53. The molecule has 0 saturated heterocycles. The molecule has 0 atom stereocenters. The molecule has 32 heavy (non-hydrogen) atoms. The molecule has 4 N–H and O–H groups in total. The monoisotopic (exact) mass is 448 g/mol. The molecule has 170 valence electrons. The topological polar surface area (TPSA) is 130 Å². The lowest BCUT2D eigenvalue weighted by Gasteiger charge is -2.29. The van der Waals surface area contributed by atoms with Crippen molar-refractivity contribution in [2.75, 3.05) is 6.54 Å². The summed E-state index contributed by atoms with van der Waals surface area (Å²) in [6.45, 7) is -0.324. The Balaban J connectivity index is 1.56. The highest BCUT2D eigenvalue weighted by Gasteiger charge is 2.25. The third-order valence-corrected chi connectivity index (χ3v) is 4.92. The molecule has 3 rings (SSSR count). The molecule has 0 spiro atoms. The van der Waals surface area contributed by atoms with Crippen LogP contribution in [0.3, 0.4) is 0 Å². The van der Waals surface area contributed by atoms with Crippen LogP contribution in [-0.4, -0.2) is 46.6 Å². The van der Waals surface area contributed by atoms with Crippen LogP contribution < -0.4 is 20.7 Å². The molecule has 0 bridgehead atoms. The van der Waals surface area contributed by atoms with Gasteiger partial charge in [0.05, 0.1) is 12.7 Å². The average molecular weight is 448 g/mol. The number of ether oxygens (including phenoxy) is 1. The summed E-state index contributed by atoms with van der Waals surface area (Å²) in [6, 6.07) is 5.80. The zero-order valence-corrected chi connectivity index (χ0v) is 16.9. The van der Waals surface area contributed by atoms with E-state index in [2.05, 4.69) is 15.6 Å². The SMILES string of the molecule is O=C(O)NCC(=O)NC1CCC(NC(=O)c2cc(F)cnc2Oc2ccc(F)cc2)CC1. The van der Waals surface area contributed by atoms with Crippen LogP contribution in [0.15, 0.2) is 36.5 Å². The molecule has 1 heterocycles. The lowest BCUT2D eigenvalue weighted by atomic mass is 9.91. The molecule has 1 saturated carbocycles. The van der Waals surface area contributed by atoms with Crippen LogP contribution in [0.25, 0.3) is 0 Å². The van der Waals surface area contributed by atoms with E-state index in [1.54, 1.807) is 0 Å². The van der Waals surface area contributed by atoms with E-state index in [0.717, 1.165) is 12.3 Å². The van der Waals surface area contributed by atoms with E-state index >= 15 is 0 Å². The predicted molar refractivity (Wildman–Crippen MR) is 108 cm³/mol. The predicted octanol–water partition coefficient (Wildman–Crippen LogP) is 2.58. The molecule has 1 fully saturated rings. The van der Waals surface area contributed by atoms with Crippen molar-refractivity contribution in [1.82, 2.24) is 20.9 Å². The maximum absolute atomic E-state index is 13.7. The number of benzene rings is 1. The Labute approximate surface area is 182 Å². The molecule has 0 aliphatic heterocycles. The van der Waals surface area contributed by atoms with Crippen molar-refractivity contribution in [1.29, 1.82) is 0 Å². The Bertz CT molecular complexity index is 979. The number of amides is 3. The van der Waals surface area contributed by atoms with Crippen LogP contribution in [0.4, 0.5) is 13.6 Å². The smallest absolute Gasteiger partial charge is 0.405 e. The summed E-state index contributed by atoms with van der Waals surface area (Å²) in [6.07, 6.45) is 1.96. The number of pyridine rings is 1. The number of carbonyl (C=O) groups is 3. The van der Waals surface area contributed by atoms with Crippen molar-refractivity contribution < 1.29 is 33.0 Å². The molecule has 0 radical (unpaired) electrons. The third-order valence-electron chi connectivity index (χ3n) is 4.92. The second-order valence-electron chi connectivity index (χ2n) is 7.31. The van der Waals surface area contributed by atoms with Crippen LogP contribution in [0.2, 0.25) is 0 Å². The molecule has 2 aromatic rings. The summed E-state index contributed by atoms with van der Waals surface area (Å²) >= 11 is 0. The van der Waals surface area contributed by atoms with Crippen molar-refractivity contribution in [3.8, 4) is 11.6 Å². The molecule has 1 aliphatic carbocycles. The standard InChI is InChI=1S/C21H22F2N4O5/c22-12-1-7-16(8-2-12)32-20-17(9-13(23)10-24-20)19(29)27-15-5-3-14(4-6-15)26-18(28)11-25-21(30)31/h1-2,7-10,14-15,25H,3-6,11H2,(H,26,28)(H,27,29)(H,30,31). The number of nitrogens with zero attached hydrogens (tertiary/aromatic N) is 1. The van der Waals surface area contributed by atoms with E-state index in [4.69, 9.17) is 9.84 Å². The number of aromatic nitrogens is 1. The molecule has 0 unspecified atom stereocenters. The fraction of sp³-hybridized carbons (Fsp3) is 0.333. The first-order valence-electron chi connectivity index (χ1n) is 9.96. The van der Waals surface area contributed by atoms with E-state index in [1.165, 1.54) is 24.3 Å². The van der Waals surface area contributed by atoms with E-state index in [9.17, 15) is 23.2 Å². The fourth-order valence-electron chi connectivity index (χ4n) is 3.36. The quantitative estimate of drug-likeness (QED) is 0.515. The van der Waals surface area contributed by atoms with Crippen LogP contribution in [-0.2, 0) is 4.79 Å². The Hall–Kier alpha value is -3.76. The summed E-state index contributed by atoms with van der Waals surface area (Å²) < 4.78 is 32.3. The van der Waals surface area contributed by atoms with Crippen molar-refractivity contribution in [3.05, 3.63) is 53.7 Å². The number of hydrogen-bond acceptors (Lipinski definition) is 5. The minimum absolute atomic E-state index is 0.0931. The highest BCUT2D eigenvalue weighted by molar-refractivity contribution is 5.96. The summed E-state index contributed by atoms with van der Waals surface area (Å²) in [5, 5.41) is 16.1. The van der Waals surface area contributed by atoms with E-state index < -0.39 is 29.5 Å². The first-order valence-corrected chi connectivity index (χ1v) is 9.96. The highest BCUT2D eigenvalue weighted by Crippen LogP contribution is 2.25. The van der Waals surface area contributed by atoms with Gasteiger partial charge < -0.3 is 25.8 Å².